The largest absolute Gasteiger partial charge is 0.378 e. The quantitative estimate of drug-likeness (QED) is 0.585. The maximum absolute atomic E-state index is 10.0. The number of benzene rings is 1. The summed E-state index contributed by atoms with van der Waals surface area (Å²) in [7, 11) is 0. The third-order valence-corrected chi connectivity index (χ3v) is 6.12. The van der Waals surface area contributed by atoms with E-state index in [0.29, 0.717) is 34.6 Å². The molecule has 8 heteroatoms. The van der Waals surface area contributed by atoms with Crippen molar-refractivity contribution in [3.05, 3.63) is 58.2 Å². The number of anilines is 3. The Hall–Kier alpha value is -2.30. The Labute approximate surface area is 177 Å². The van der Waals surface area contributed by atoms with Crippen LogP contribution in [0.15, 0.2) is 42.6 Å². The van der Waals surface area contributed by atoms with E-state index in [2.05, 4.69) is 21.3 Å². The minimum Gasteiger partial charge on any atom is -0.378 e. The average molecular weight is 431 g/mol. The molecule has 0 amide bonds. The van der Waals surface area contributed by atoms with Gasteiger partial charge in [0.15, 0.2) is 0 Å². The number of rotatable bonds is 4. The second kappa shape index (κ2) is 8.38. The second-order valence-corrected chi connectivity index (χ2v) is 8.00. The molecule has 1 aromatic carbocycles. The van der Waals surface area contributed by atoms with Gasteiger partial charge in [-0.05, 0) is 24.3 Å². The lowest BCUT2D eigenvalue weighted by Crippen LogP contribution is -2.36. The molecule has 1 aliphatic rings. The van der Waals surface area contributed by atoms with Gasteiger partial charge in [-0.25, -0.2) is 4.98 Å². The van der Waals surface area contributed by atoms with Crippen LogP contribution in [0.3, 0.4) is 0 Å². The first-order valence-corrected chi connectivity index (χ1v) is 10.3. The number of aromatic nitrogens is 1. The summed E-state index contributed by atoms with van der Waals surface area (Å²) < 4.78 is 5.46. The van der Waals surface area contributed by atoms with Gasteiger partial charge in [-0.1, -0.05) is 46.7 Å². The van der Waals surface area contributed by atoms with Crippen molar-refractivity contribution in [3.8, 4) is 17.2 Å². The number of ether oxygens (including phenoxy) is 1. The van der Waals surface area contributed by atoms with E-state index in [9.17, 15) is 5.26 Å². The van der Waals surface area contributed by atoms with Gasteiger partial charge in [0.1, 0.15) is 21.9 Å². The topological polar surface area (TPSA) is 61.2 Å². The molecule has 4 rings (SSSR count). The molecule has 3 aromatic rings. The molecule has 3 heterocycles. The molecule has 2 aromatic heterocycles. The highest BCUT2D eigenvalue weighted by atomic mass is 35.5. The van der Waals surface area contributed by atoms with Gasteiger partial charge < -0.3 is 15.0 Å². The minimum absolute atomic E-state index is 0.499. The SMILES string of the molecule is N#Cc1c(N2CCOCC2)sc(Nc2ccccn2)c1-c1ccc(Cl)cc1Cl. The number of nitriles is 1. The fourth-order valence-electron chi connectivity index (χ4n) is 3.10. The molecule has 1 aliphatic heterocycles. The van der Waals surface area contributed by atoms with Crippen molar-refractivity contribution < 1.29 is 4.74 Å². The lowest BCUT2D eigenvalue weighted by Gasteiger charge is -2.27. The molecule has 0 aliphatic carbocycles. The predicted octanol–water partition coefficient (Wildman–Crippen LogP) is 5.57. The summed E-state index contributed by atoms with van der Waals surface area (Å²) in [4.78, 5) is 6.53. The summed E-state index contributed by atoms with van der Waals surface area (Å²) in [5.41, 5.74) is 2.12. The highest BCUT2D eigenvalue weighted by Gasteiger charge is 2.26. The van der Waals surface area contributed by atoms with Crippen LogP contribution in [0.1, 0.15) is 5.56 Å². The summed E-state index contributed by atoms with van der Waals surface area (Å²) in [6.45, 7) is 2.77. The molecule has 0 spiro atoms. The zero-order valence-corrected chi connectivity index (χ0v) is 17.1. The smallest absolute Gasteiger partial charge is 0.130 e. The van der Waals surface area contributed by atoms with E-state index >= 15 is 0 Å². The van der Waals surface area contributed by atoms with Crippen molar-refractivity contribution in [1.29, 1.82) is 5.26 Å². The predicted molar refractivity (Wildman–Crippen MR) is 115 cm³/mol. The van der Waals surface area contributed by atoms with Gasteiger partial charge in [0.05, 0.1) is 23.8 Å². The summed E-state index contributed by atoms with van der Waals surface area (Å²) in [5, 5.41) is 16.1. The monoisotopic (exact) mass is 430 g/mol. The zero-order valence-electron chi connectivity index (χ0n) is 14.8. The number of nitrogens with zero attached hydrogens (tertiary/aromatic N) is 3. The zero-order chi connectivity index (χ0) is 19.5. The molecule has 1 saturated heterocycles. The van der Waals surface area contributed by atoms with Crippen molar-refractivity contribution in [2.45, 2.75) is 0 Å². The van der Waals surface area contributed by atoms with Crippen molar-refractivity contribution in [2.24, 2.45) is 0 Å². The molecule has 0 atom stereocenters. The van der Waals surface area contributed by atoms with Gasteiger partial charge in [0.25, 0.3) is 0 Å². The summed E-state index contributed by atoms with van der Waals surface area (Å²) >= 11 is 14.1. The average Bonchev–Trinajstić information content (AvgIpc) is 3.07. The molecule has 5 nitrogen and oxygen atoms in total. The van der Waals surface area contributed by atoms with Gasteiger partial charge in [-0.2, -0.15) is 5.26 Å². The van der Waals surface area contributed by atoms with Crippen molar-refractivity contribution in [1.82, 2.24) is 4.98 Å². The van der Waals surface area contributed by atoms with Gasteiger partial charge >= 0.3 is 0 Å². The molecule has 1 fully saturated rings. The molecular formula is C20H16Cl2N4OS. The maximum atomic E-state index is 10.0. The normalized spacial score (nSPS) is 14.0. The first kappa shape index (κ1) is 19.0. The minimum atomic E-state index is 0.499. The number of halogens is 2. The molecular weight excluding hydrogens is 415 g/mol. The van der Waals surface area contributed by atoms with E-state index in [4.69, 9.17) is 27.9 Å². The maximum Gasteiger partial charge on any atom is 0.130 e. The number of nitrogens with one attached hydrogen (secondary N) is 1. The van der Waals surface area contributed by atoms with Crippen LogP contribution in [-0.2, 0) is 4.74 Å². The summed E-state index contributed by atoms with van der Waals surface area (Å²) in [5.74, 6) is 0.702. The van der Waals surface area contributed by atoms with E-state index in [-0.39, 0.29) is 0 Å². The first-order chi connectivity index (χ1) is 13.7. The molecule has 0 bridgehead atoms. The van der Waals surface area contributed by atoms with Gasteiger partial charge in [-0.15, -0.1) is 0 Å². The van der Waals surface area contributed by atoms with Crippen molar-refractivity contribution in [2.75, 3.05) is 36.5 Å². The lowest BCUT2D eigenvalue weighted by atomic mass is 10.0. The molecule has 0 saturated carbocycles. The Morgan fingerprint density at radius 2 is 2.00 bits per heavy atom. The second-order valence-electron chi connectivity index (χ2n) is 6.16. The molecule has 28 heavy (non-hydrogen) atoms. The van der Waals surface area contributed by atoms with Crippen LogP contribution in [0.25, 0.3) is 11.1 Å². The third kappa shape index (κ3) is 3.80. The van der Waals surface area contributed by atoms with E-state index in [1.54, 1.807) is 18.3 Å². The van der Waals surface area contributed by atoms with Gasteiger partial charge in [-0.3, -0.25) is 0 Å². The van der Waals surface area contributed by atoms with Crippen LogP contribution in [0.4, 0.5) is 15.8 Å². The number of pyridine rings is 1. The fourth-order valence-corrected chi connectivity index (χ4v) is 4.83. The molecule has 1 N–H and O–H groups in total. The Kier molecular flexibility index (Phi) is 5.69. The standard InChI is InChI=1S/C20H16Cl2N4OS/c21-13-4-5-14(16(22)11-13)18-15(12-23)20(26-7-9-27-10-8-26)28-19(18)25-17-3-1-2-6-24-17/h1-6,11H,7-10H2,(H,24,25). The Bertz CT molecular complexity index is 1030. The van der Waals surface area contributed by atoms with E-state index in [1.165, 1.54) is 11.3 Å². The van der Waals surface area contributed by atoms with Crippen LogP contribution in [-0.4, -0.2) is 31.3 Å². The first-order valence-electron chi connectivity index (χ1n) is 8.70. The highest BCUT2D eigenvalue weighted by molar-refractivity contribution is 7.21. The van der Waals surface area contributed by atoms with Crippen LogP contribution in [0.2, 0.25) is 10.0 Å². The Balaban J connectivity index is 1.87. The summed E-state index contributed by atoms with van der Waals surface area (Å²) in [6.07, 6.45) is 1.72. The van der Waals surface area contributed by atoms with E-state index < -0.39 is 0 Å². The number of thiophene rings is 1. The van der Waals surface area contributed by atoms with E-state index in [1.807, 2.05) is 24.3 Å². The molecule has 0 unspecified atom stereocenters. The van der Waals surface area contributed by atoms with Crippen molar-refractivity contribution >= 4 is 50.4 Å². The molecule has 142 valence electrons. The molecule has 0 radical (unpaired) electrons. The van der Waals surface area contributed by atoms with Gasteiger partial charge in [0.2, 0.25) is 0 Å². The lowest BCUT2D eigenvalue weighted by molar-refractivity contribution is 0.123. The Morgan fingerprint density at radius 3 is 2.68 bits per heavy atom. The van der Waals surface area contributed by atoms with Crippen molar-refractivity contribution in [3.63, 3.8) is 0 Å². The highest BCUT2D eigenvalue weighted by Crippen LogP contribution is 2.48. The summed E-state index contributed by atoms with van der Waals surface area (Å²) in [6, 6.07) is 13.3. The van der Waals surface area contributed by atoms with E-state index in [0.717, 1.165) is 34.2 Å². The Morgan fingerprint density at radius 1 is 1.18 bits per heavy atom. The number of morpholine rings is 1. The third-order valence-electron chi connectivity index (χ3n) is 4.41. The number of hydrogen-bond acceptors (Lipinski definition) is 6. The fraction of sp³-hybridized carbons (Fsp3) is 0.200. The number of hydrogen-bond donors (Lipinski definition) is 1. The van der Waals surface area contributed by atoms with Crippen LogP contribution in [0, 0.1) is 11.3 Å². The van der Waals surface area contributed by atoms with Crippen LogP contribution < -0.4 is 10.2 Å². The van der Waals surface area contributed by atoms with Crippen LogP contribution in [0.5, 0.6) is 0 Å². The van der Waals surface area contributed by atoms with Crippen LogP contribution >= 0.6 is 34.5 Å². The van der Waals surface area contributed by atoms with Gasteiger partial charge in [0, 0.05) is 35.4 Å².